The minimum Gasteiger partial charge on any atom is -0.181 e. The zero-order valence-electron chi connectivity index (χ0n) is 3.96. The van der Waals surface area contributed by atoms with Crippen molar-refractivity contribution in [3.8, 4) is 0 Å². The lowest BCUT2D eigenvalue weighted by molar-refractivity contribution is 1.31. The van der Waals surface area contributed by atoms with E-state index in [-0.39, 0.29) is 0 Å². The second-order valence-corrected chi connectivity index (χ2v) is 1.68. The number of hydrogen-bond donors (Lipinski definition) is 0. The molecule has 37 valence electrons. The fourth-order valence-electron chi connectivity index (χ4n) is 0.299. The van der Waals surface area contributed by atoms with Gasteiger partial charge in [-0.15, -0.1) is 0 Å². The van der Waals surface area contributed by atoms with E-state index in [4.69, 9.17) is 0 Å². The molecule has 0 amide bonds. The summed E-state index contributed by atoms with van der Waals surface area (Å²) in [5, 5.41) is 0. The van der Waals surface area contributed by atoms with Gasteiger partial charge in [0.25, 0.3) is 0 Å². The average Bonchev–Trinajstić information content (AvgIpc) is 2.14. The Balaban J connectivity index is 2.76. The Hall–Kier alpha value is -0.440. The molecule has 2 nitrogen and oxygen atoms in total. The molecular formula is C4H5N2S. The van der Waals surface area contributed by atoms with E-state index in [0.717, 1.165) is 5.69 Å². The van der Waals surface area contributed by atoms with Gasteiger partial charge < -0.3 is 0 Å². The molecule has 0 aliphatic heterocycles. The first-order valence-electron chi connectivity index (χ1n) is 2.00. The van der Waals surface area contributed by atoms with Gasteiger partial charge in [-0.05, 0) is 0 Å². The largest absolute Gasteiger partial charge is 0.181 e. The summed E-state index contributed by atoms with van der Waals surface area (Å²) < 4.78 is 7.70. The maximum Gasteiger partial charge on any atom is 0.0777 e. The predicted molar refractivity (Wildman–Crippen MR) is 29.0 cm³/mol. The van der Waals surface area contributed by atoms with E-state index < -0.39 is 0 Å². The molecule has 1 heterocycles. The summed E-state index contributed by atoms with van der Waals surface area (Å²) in [5.74, 6) is 0. The van der Waals surface area contributed by atoms with Crippen LogP contribution in [-0.4, -0.2) is 8.75 Å². The molecule has 0 bridgehead atoms. The first kappa shape index (κ1) is 4.71. The monoisotopic (exact) mass is 113 g/mol. The first-order chi connectivity index (χ1) is 3.43. The minimum absolute atomic E-state index is 0.963. The van der Waals surface area contributed by atoms with Crippen LogP contribution in [0.5, 0.6) is 0 Å². The van der Waals surface area contributed by atoms with E-state index in [1.165, 1.54) is 11.7 Å². The van der Waals surface area contributed by atoms with Crippen LogP contribution in [0.1, 0.15) is 12.6 Å². The van der Waals surface area contributed by atoms with Crippen molar-refractivity contribution in [2.45, 2.75) is 6.92 Å². The molecule has 0 N–H and O–H groups in total. The van der Waals surface area contributed by atoms with E-state index in [1.807, 2.05) is 13.3 Å². The van der Waals surface area contributed by atoms with Crippen molar-refractivity contribution in [1.29, 1.82) is 0 Å². The third-order valence-corrected chi connectivity index (χ3v) is 1.17. The van der Waals surface area contributed by atoms with Gasteiger partial charge in [0.2, 0.25) is 0 Å². The maximum atomic E-state index is 3.91. The Labute approximate surface area is 46.5 Å². The van der Waals surface area contributed by atoms with Crippen LogP contribution in [0.25, 0.3) is 0 Å². The number of rotatable bonds is 1. The van der Waals surface area contributed by atoms with E-state index in [2.05, 4.69) is 8.75 Å². The summed E-state index contributed by atoms with van der Waals surface area (Å²) >= 11 is 1.23. The summed E-state index contributed by atoms with van der Waals surface area (Å²) in [5.41, 5.74) is 0.963. The van der Waals surface area contributed by atoms with Gasteiger partial charge in [0, 0.05) is 6.42 Å². The van der Waals surface area contributed by atoms with Crippen LogP contribution in [0.15, 0.2) is 6.20 Å². The van der Waals surface area contributed by atoms with Crippen LogP contribution in [0.3, 0.4) is 0 Å². The van der Waals surface area contributed by atoms with Crippen LogP contribution in [0.4, 0.5) is 0 Å². The van der Waals surface area contributed by atoms with Gasteiger partial charge >= 0.3 is 0 Å². The molecule has 1 aromatic rings. The van der Waals surface area contributed by atoms with Gasteiger partial charge in [-0.3, -0.25) is 0 Å². The molecule has 7 heavy (non-hydrogen) atoms. The third-order valence-electron chi connectivity index (χ3n) is 0.674. The van der Waals surface area contributed by atoms with Gasteiger partial charge in [0.15, 0.2) is 0 Å². The van der Waals surface area contributed by atoms with Gasteiger partial charge in [-0.1, -0.05) is 6.92 Å². The van der Waals surface area contributed by atoms with Crippen molar-refractivity contribution >= 4 is 11.7 Å². The van der Waals surface area contributed by atoms with Crippen LogP contribution in [-0.2, 0) is 0 Å². The molecule has 1 rings (SSSR count). The summed E-state index contributed by atoms with van der Waals surface area (Å²) in [4.78, 5) is 0. The van der Waals surface area contributed by atoms with E-state index in [9.17, 15) is 0 Å². The van der Waals surface area contributed by atoms with E-state index in [1.54, 1.807) is 6.20 Å². The van der Waals surface area contributed by atoms with Crippen LogP contribution < -0.4 is 0 Å². The molecule has 3 heteroatoms. The minimum atomic E-state index is 0.963. The molecule has 0 spiro atoms. The number of nitrogens with zero attached hydrogens (tertiary/aromatic N) is 2. The molecular weight excluding hydrogens is 108 g/mol. The van der Waals surface area contributed by atoms with E-state index in [0.29, 0.717) is 0 Å². The highest BCUT2D eigenvalue weighted by atomic mass is 32.1. The normalized spacial score (nSPS) is 9.29. The third kappa shape index (κ3) is 0.962. The topological polar surface area (TPSA) is 25.8 Å². The average molecular weight is 113 g/mol. The lowest BCUT2D eigenvalue weighted by Gasteiger charge is -1.74. The Bertz CT molecular complexity index is 124. The SMILES string of the molecule is C[CH]c1cnsn1. The summed E-state index contributed by atoms with van der Waals surface area (Å²) in [6.45, 7) is 1.94. The van der Waals surface area contributed by atoms with Gasteiger partial charge in [-0.25, -0.2) is 0 Å². The Morgan fingerprint density at radius 1 is 1.86 bits per heavy atom. The zero-order valence-corrected chi connectivity index (χ0v) is 4.77. The predicted octanol–water partition coefficient (Wildman–Crippen LogP) is 1.11. The molecule has 0 aromatic carbocycles. The molecule has 1 radical (unpaired) electrons. The van der Waals surface area contributed by atoms with Gasteiger partial charge in [-0.2, -0.15) is 8.75 Å². The Morgan fingerprint density at radius 3 is 3.00 bits per heavy atom. The first-order valence-corrected chi connectivity index (χ1v) is 2.73. The second kappa shape index (κ2) is 2.02. The lowest BCUT2D eigenvalue weighted by Crippen LogP contribution is -1.69. The number of hydrogen-bond acceptors (Lipinski definition) is 3. The zero-order chi connectivity index (χ0) is 5.11. The van der Waals surface area contributed by atoms with Crippen molar-refractivity contribution < 1.29 is 0 Å². The molecule has 1 aromatic heterocycles. The van der Waals surface area contributed by atoms with Crippen molar-refractivity contribution in [2.75, 3.05) is 0 Å². The molecule has 0 aliphatic rings. The maximum absolute atomic E-state index is 3.91. The smallest absolute Gasteiger partial charge is 0.0777 e. The van der Waals surface area contributed by atoms with Crippen LogP contribution in [0, 0.1) is 6.42 Å². The van der Waals surface area contributed by atoms with Crippen molar-refractivity contribution in [3.05, 3.63) is 18.3 Å². The molecule has 0 atom stereocenters. The standard InChI is InChI=1S/C4H5N2S/c1-2-4-3-5-7-6-4/h2-3H,1H3. The molecule has 0 saturated heterocycles. The van der Waals surface area contributed by atoms with Crippen molar-refractivity contribution in [2.24, 2.45) is 0 Å². The number of aromatic nitrogens is 2. The molecule has 0 aliphatic carbocycles. The van der Waals surface area contributed by atoms with Crippen LogP contribution in [0.2, 0.25) is 0 Å². The Kier molecular flexibility index (Phi) is 1.36. The highest BCUT2D eigenvalue weighted by Crippen LogP contribution is 1.95. The highest BCUT2D eigenvalue weighted by Gasteiger charge is 1.86. The fraction of sp³-hybridized carbons (Fsp3) is 0.250. The van der Waals surface area contributed by atoms with Crippen LogP contribution >= 0.6 is 11.7 Å². The van der Waals surface area contributed by atoms with E-state index >= 15 is 0 Å². The Morgan fingerprint density at radius 2 is 2.71 bits per heavy atom. The summed E-state index contributed by atoms with van der Waals surface area (Å²) in [6, 6.07) is 0. The van der Waals surface area contributed by atoms with Crippen molar-refractivity contribution in [1.82, 2.24) is 8.75 Å². The summed E-state index contributed by atoms with van der Waals surface area (Å²) in [7, 11) is 0. The molecule has 0 unspecified atom stereocenters. The highest BCUT2D eigenvalue weighted by molar-refractivity contribution is 6.99. The molecule has 0 saturated carbocycles. The molecule has 0 fully saturated rings. The fourth-order valence-corrected chi connectivity index (χ4v) is 0.748. The lowest BCUT2D eigenvalue weighted by atomic mass is 10.4. The van der Waals surface area contributed by atoms with Crippen molar-refractivity contribution in [3.63, 3.8) is 0 Å². The quantitative estimate of drug-likeness (QED) is 0.545. The summed E-state index contributed by atoms with van der Waals surface area (Å²) in [6.07, 6.45) is 3.66. The van der Waals surface area contributed by atoms with Gasteiger partial charge in [0.1, 0.15) is 0 Å². The van der Waals surface area contributed by atoms with Gasteiger partial charge in [0.05, 0.1) is 23.6 Å². The second-order valence-electron chi connectivity index (χ2n) is 1.12.